The highest BCUT2D eigenvalue weighted by Gasteiger charge is 2.18. The lowest BCUT2D eigenvalue weighted by atomic mass is 10.3. The van der Waals surface area contributed by atoms with Gasteiger partial charge in [-0.2, -0.15) is 0 Å². The van der Waals surface area contributed by atoms with Crippen molar-refractivity contribution in [2.45, 2.75) is 26.3 Å². The molecule has 18 heavy (non-hydrogen) atoms. The first kappa shape index (κ1) is 16.9. The molecule has 0 spiro atoms. The number of sulfone groups is 1. The van der Waals surface area contributed by atoms with Crippen LogP contribution in [0.3, 0.4) is 0 Å². The maximum Gasteiger partial charge on any atom is 0.317 e. The first-order valence-corrected chi connectivity index (χ1v) is 7.41. The number of nitrogens with two attached hydrogens (primary N) is 1. The van der Waals surface area contributed by atoms with E-state index in [1.54, 1.807) is 18.7 Å². The Hall–Kier alpha value is -1.15. The number of carboxylic acid groups (broad SMARTS) is 1. The van der Waals surface area contributed by atoms with Crippen LogP contribution in [0, 0.1) is 0 Å². The fourth-order valence-corrected chi connectivity index (χ4v) is 2.54. The van der Waals surface area contributed by atoms with Gasteiger partial charge in [-0.3, -0.25) is 14.5 Å². The summed E-state index contributed by atoms with van der Waals surface area (Å²) in [6.07, 6.45) is -0.205. The zero-order chi connectivity index (χ0) is 14.3. The van der Waals surface area contributed by atoms with Crippen LogP contribution in [0.5, 0.6) is 0 Å². The number of amides is 1. The van der Waals surface area contributed by atoms with Gasteiger partial charge in [0.05, 0.1) is 18.1 Å². The Morgan fingerprint density at radius 2 is 1.83 bits per heavy atom. The van der Waals surface area contributed by atoms with Crippen LogP contribution in [-0.2, 0) is 19.4 Å². The van der Waals surface area contributed by atoms with E-state index in [4.69, 9.17) is 10.8 Å². The van der Waals surface area contributed by atoms with Gasteiger partial charge in [-0.15, -0.1) is 0 Å². The second kappa shape index (κ2) is 7.32. The summed E-state index contributed by atoms with van der Waals surface area (Å²) in [5.74, 6) is -2.13. The summed E-state index contributed by atoms with van der Waals surface area (Å²) < 4.78 is 23.1. The van der Waals surface area contributed by atoms with Crippen LogP contribution in [0.15, 0.2) is 0 Å². The number of rotatable bonds is 9. The van der Waals surface area contributed by atoms with Crippen molar-refractivity contribution in [3.05, 3.63) is 0 Å². The number of carboxylic acids is 1. The van der Waals surface area contributed by atoms with Crippen LogP contribution >= 0.6 is 0 Å². The van der Waals surface area contributed by atoms with E-state index in [1.807, 2.05) is 0 Å². The van der Waals surface area contributed by atoms with E-state index >= 15 is 0 Å². The lowest BCUT2D eigenvalue weighted by molar-refractivity contribution is -0.138. The normalized spacial score (nSPS) is 12.0. The van der Waals surface area contributed by atoms with Crippen molar-refractivity contribution in [1.29, 1.82) is 0 Å². The molecule has 0 aliphatic carbocycles. The van der Waals surface area contributed by atoms with E-state index in [-0.39, 0.29) is 37.1 Å². The van der Waals surface area contributed by atoms with Crippen molar-refractivity contribution in [2.24, 2.45) is 5.73 Å². The van der Waals surface area contributed by atoms with Gasteiger partial charge < -0.3 is 10.8 Å². The molecule has 0 aromatic heterocycles. The SMILES string of the molecule is CC(C)N(CCS(=O)(=O)CCC(N)=O)CC(=O)O. The summed E-state index contributed by atoms with van der Waals surface area (Å²) in [6.45, 7) is 3.51. The number of nitrogens with zero attached hydrogens (tertiary/aromatic N) is 1. The molecule has 0 aliphatic heterocycles. The van der Waals surface area contributed by atoms with E-state index in [2.05, 4.69) is 0 Å². The lowest BCUT2D eigenvalue weighted by Crippen LogP contribution is -2.39. The maximum atomic E-state index is 11.6. The average molecular weight is 280 g/mol. The molecule has 0 atom stereocenters. The second-order valence-electron chi connectivity index (χ2n) is 4.33. The predicted molar refractivity (Wildman–Crippen MR) is 66.8 cm³/mol. The van der Waals surface area contributed by atoms with Gasteiger partial charge in [-0.1, -0.05) is 0 Å². The van der Waals surface area contributed by atoms with Gasteiger partial charge in [0.25, 0.3) is 0 Å². The molecule has 1 amide bonds. The summed E-state index contributed by atoms with van der Waals surface area (Å²) in [5, 5.41) is 8.69. The quantitative estimate of drug-likeness (QED) is 0.563. The van der Waals surface area contributed by atoms with E-state index < -0.39 is 21.7 Å². The largest absolute Gasteiger partial charge is 0.480 e. The Balaban J connectivity index is 4.33. The first-order valence-electron chi connectivity index (χ1n) is 5.58. The molecular weight excluding hydrogens is 260 g/mol. The molecule has 8 heteroatoms. The molecule has 0 bridgehead atoms. The monoisotopic (exact) mass is 280 g/mol. The highest BCUT2D eigenvalue weighted by Crippen LogP contribution is 2.01. The average Bonchev–Trinajstić information content (AvgIpc) is 2.21. The Bertz CT molecular complexity index is 391. The maximum absolute atomic E-state index is 11.6. The third-order valence-corrected chi connectivity index (χ3v) is 4.05. The fraction of sp³-hybridized carbons (Fsp3) is 0.800. The van der Waals surface area contributed by atoms with Gasteiger partial charge in [-0.25, -0.2) is 8.42 Å². The van der Waals surface area contributed by atoms with Crippen molar-refractivity contribution in [3.63, 3.8) is 0 Å². The molecule has 0 heterocycles. The molecule has 0 fully saturated rings. The molecule has 0 unspecified atom stereocenters. The third-order valence-electron chi connectivity index (χ3n) is 2.42. The van der Waals surface area contributed by atoms with Crippen LogP contribution < -0.4 is 5.73 Å². The minimum atomic E-state index is -3.38. The third kappa shape index (κ3) is 8.02. The number of hydrogen-bond donors (Lipinski definition) is 2. The van der Waals surface area contributed by atoms with Gasteiger partial charge in [0.1, 0.15) is 0 Å². The van der Waals surface area contributed by atoms with Gasteiger partial charge in [0, 0.05) is 19.0 Å². The minimum Gasteiger partial charge on any atom is -0.480 e. The van der Waals surface area contributed by atoms with E-state index in [9.17, 15) is 18.0 Å². The van der Waals surface area contributed by atoms with Crippen LogP contribution in [0.4, 0.5) is 0 Å². The molecular formula is C10H20N2O5S. The summed E-state index contributed by atoms with van der Waals surface area (Å²) in [5.41, 5.74) is 4.88. The highest BCUT2D eigenvalue weighted by atomic mass is 32.2. The first-order chi connectivity index (χ1) is 8.14. The van der Waals surface area contributed by atoms with Gasteiger partial charge in [0.15, 0.2) is 9.84 Å². The summed E-state index contributed by atoms with van der Waals surface area (Å²) in [7, 11) is -3.38. The second-order valence-corrected chi connectivity index (χ2v) is 6.63. The summed E-state index contributed by atoms with van der Waals surface area (Å²) in [4.78, 5) is 22.7. The molecule has 0 aliphatic rings. The van der Waals surface area contributed by atoms with Crippen LogP contribution in [0.1, 0.15) is 20.3 Å². The van der Waals surface area contributed by atoms with Crippen LogP contribution in [0.2, 0.25) is 0 Å². The Labute approximate surface area is 107 Å². The highest BCUT2D eigenvalue weighted by molar-refractivity contribution is 7.91. The molecule has 7 nitrogen and oxygen atoms in total. The summed E-state index contributed by atoms with van der Waals surface area (Å²) >= 11 is 0. The number of carbonyl (C=O) groups excluding carboxylic acids is 1. The number of carbonyl (C=O) groups is 2. The number of aliphatic carboxylic acids is 1. The number of hydrogen-bond acceptors (Lipinski definition) is 5. The zero-order valence-electron chi connectivity index (χ0n) is 10.6. The smallest absolute Gasteiger partial charge is 0.317 e. The van der Waals surface area contributed by atoms with Gasteiger partial charge in [0.2, 0.25) is 5.91 Å². The summed E-state index contributed by atoms with van der Waals surface area (Å²) in [6, 6.07) is -0.0626. The van der Waals surface area contributed by atoms with Crippen molar-refractivity contribution >= 4 is 21.7 Å². The minimum absolute atomic E-state index is 0.0626. The Kier molecular flexibility index (Phi) is 6.85. The van der Waals surface area contributed by atoms with Crippen LogP contribution in [0.25, 0.3) is 0 Å². The van der Waals surface area contributed by atoms with Crippen molar-refractivity contribution < 1.29 is 23.1 Å². The number of primary amides is 1. The molecule has 3 N–H and O–H groups in total. The molecule has 106 valence electrons. The Morgan fingerprint density at radius 3 is 2.22 bits per heavy atom. The Morgan fingerprint density at radius 1 is 1.28 bits per heavy atom. The van der Waals surface area contributed by atoms with E-state index in [0.717, 1.165) is 0 Å². The molecule has 0 saturated carbocycles. The molecule has 0 saturated heterocycles. The van der Waals surface area contributed by atoms with Crippen LogP contribution in [-0.4, -0.2) is 60.9 Å². The standard InChI is InChI=1S/C10H20N2O5S/c1-8(2)12(7-10(14)15)4-6-18(16,17)5-3-9(11)13/h8H,3-7H2,1-2H3,(H2,11,13)(H,14,15). The lowest BCUT2D eigenvalue weighted by Gasteiger charge is -2.24. The van der Waals surface area contributed by atoms with Crippen molar-refractivity contribution in [3.8, 4) is 0 Å². The molecule has 0 rings (SSSR count). The predicted octanol–water partition coefficient (Wildman–Crippen LogP) is -0.928. The van der Waals surface area contributed by atoms with Crippen molar-refractivity contribution in [2.75, 3.05) is 24.6 Å². The van der Waals surface area contributed by atoms with E-state index in [0.29, 0.717) is 0 Å². The van der Waals surface area contributed by atoms with Gasteiger partial charge >= 0.3 is 5.97 Å². The molecule has 0 radical (unpaired) electrons. The fourth-order valence-electron chi connectivity index (χ4n) is 1.31. The molecule has 0 aromatic carbocycles. The zero-order valence-corrected chi connectivity index (χ0v) is 11.4. The molecule has 0 aromatic rings. The van der Waals surface area contributed by atoms with E-state index in [1.165, 1.54) is 0 Å². The van der Waals surface area contributed by atoms with Crippen molar-refractivity contribution in [1.82, 2.24) is 4.90 Å². The van der Waals surface area contributed by atoms with Gasteiger partial charge in [-0.05, 0) is 13.8 Å². The topological polar surface area (TPSA) is 118 Å².